The van der Waals surface area contributed by atoms with Crippen molar-refractivity contribution in [3.63, 3.8) is 0 Å². The zero-order valence-corrected chi connectivity index (χ0v) is 9.93. The molecule has 1 heterocycles. The highest BCUT2D eigenvalue weighted by Gasteiger charge is 2.12. The van der Waals surface area contributed by atoms with Gasteiger partial charge in [0.05, 0.1) is 11.6 Å². The highest BCUT2D eigenvalue weighted by Crippen LogP contribution is 2.30. The van der Waals surface area contributed by atoms with Crippen LogP contribution in [0.5, 0.6) is 0 Å². The minimum atomic E-state index is 0.681. The molecule has 1 aromatic carbocycles. The van der Waals surface area contributed by atoms with Crippen molar-refractivity contribution in [2.45, 2.75) is 13.5 Å². The lowest BCUT2D eigenvalue weighted by Crippen LogP contribution is -2.10. The number of benzene rings is 1. The number of aryl methyl sites for hydroxylation is 1. The molecular weight excluding hydrogens is 210 g/mol. The van der Waals surface area contributed by atoms with Gasteiger partial charge in [0.1, 0.15) is 5.76 Å². The molecule has 0 unspecified atom stereocenters. The van der Waals surface area contributed by atoms with Crippen LogP contribution in [0.25, 0.3) is 11.0 Å². The summed E-state index contributed by atoms with van der Waals surface area (Å²) in [6.45, 7) is 2.87. The third-order valence-corrected chi connectivity index (χ3v) is 2.77. The molecule has 0 aliphatic carbocycles. The number of fused-ring (bicyclic) bond motifs is 1. The highest BCUT2D eigenvalue weighted by atomic mass is 35.5. The average molecular weight is 224 g/mol. The summed E-state index contributed by atoms with van der Waals surface area (Å²) in [5.74, 6) is 0.989. The predicted octanol–water partition coefficient (Wildman–Crippen LogP) is 3.46. The highest BCUT2D eigenvalue weighted by molar-refractivity contribution is 6.34. The van der Waals surface area contributed by atoms with Crippen molar-refractivity contribution < 1.29 is 4.42 Å². The zero-order valence-electron chi connectivity index (χ0n) is 9.17. The molecule has 0 N–H and O–H groups in total. The molecule has 0 bridgehead atoms. The first-order chi connectivity index (χ1) is 7.09. The van der Waals surface area contributed by atoms with Crippen LogP contribution in [0.4, 0.5) is 0 Å². The second-order valence-electron chi connectivity index (χ2n) is 4.00. The van der Waals surface area contributed by atoms with Gasteiger partial charge in [-0.2, -0.15) is 0 Å². The SMILES string of the molecule is Cc1c(CN(C)C)oc2c(Cl)cccc12. The van der Waals surface area contributed by atoms with Crippen LogP contribution in [0.15, 0.2) is 22.6 Å². The number of hydrogen-bond acceptors (Lipinski definition) is 2. The largest absolute Gasteiger partial charge is 0.458 e. The van der Waals surface area contributed by atoms with E-state index in [0.717, 1.165) is 23.3 Å². The maximum atomic E-state index is 6.07. The fourth-order valence-electron chi connectivity index (χ4n) is 1.70. The molecule has 80 valence electrons. The number of hydrogen-bond donors (Lipinski definition) is 0. The Morgan fingerprint density at radius 2 is 2.07 bits per heavy atom. The van der Waals surface area contributed by atoms with Gasteiger partial charge in [0, 0.05) is 5.39 Å². The summed E-state index contributed by atoms with van der Waals surface area (Å²) in [6.07, 6.45) is 0. The predicted molar refractivity (Wildman–Crippen MR) is 63.4 cm³/mol. The maximum absolute atomic E-state index is 6.07. The summed E-state index contributed by atoms with van der Waals surface area (Å²) in [5.41, 5.74) is 1.98. The van der Waals surface area contributed by atoms with Crippen molar-refractivity contribution in [2.24, 2.45) is 0 Å². The average Bonchev–Trinajstić information content (AvgIpc) is 2.46. The van der Waals surface area contributed by atoms with Crippen LogP contribution in [-0.4, -0.2) is 19.0 Å². The molecule has 1 aromatic heterocycles. The monoisotopic (exact) mass is 223 g/mol. The van der Waals surface area contributed by atoms with E-state index >= 15 is 0 Å². The molecule has 2 aromatic rings. The molecule has 2 nitrogen and oxygen atoms in total. The van der Waals surface area contributed by atoms with E-state index in [9.17, 15) is 0 Å². The fourth-order valence-corrected chi connectivity index (χ4v) is 1.91. The molecule has 0 atom stereocenters. The number of halogens is 1. The molecule has 0 aliphatic rings. The number of nitrogens with zero attached hydrogens (tertiary/aromatic N) is 1. The van der Waals surface area contributed by atoms with Gasteiger partial charge in [-0.1, -0.05) is 23.7 Å². The Hall–Kier alpha value is -0.990. The smallest absolute Gasteiger partial charge is 0.153 e. The summed E-state index contributed by atoms with van der Waals surface area (Å²) in [5, 5.41) is 1.79. The Morgan fingerprint density at radius 3 is 2.67 bits per heavy atom. The van der Waals surface area contributed by atoms with Crippen molar-refractivity contribution in [3.05, 3.63) is 34.5 Å². The topological polar surface area (TPSA) is 16.4 Å². The van der Waals surface area contributed by atoms with E-state index in [1.54, 1.807) is 0 Å². The first-order valence-electron chi connectivity index (χ1n) is 4.91. The first-order valence-corrected chi connectivity index (χ1v) is 5.28. The van der Waals surface area contributed by atoms with Crippen LogP contribution in [0.3, 0.4) is 0 Å². The summed E-state index contributed by atoms with van der Waals surface area (Å²) in [7, 11) is 4.04. The van der Waals surface area contributed by atoms with Crippen molar-refractivity contribution in [3.8, 4) is 0 Å². The molecule has 0 saturated carbocycles. The number of rotatable bonds is 2. The normalized spacial score (nSPS) is 11.5. The van der Waals surface area contributed by atoms with Gasteiger partial charge >= 0.3 is 0 Å². The Bertz CT molecular complexity index is 488. The number of furan rings is 1. The van der Waals surface area contributed by atoms with Crippen LogP contribution in [0.1, 0.15) is 11.3 Å². The molecule has 0 spiro atoms. The van der Waals surface area contributed by atoms with Crippen molar-refractivity contribution in [1.29, 1.82) is 0 Å². The molecule has 0 saturated heterocycles. The second-order valence-corrected chi connectivity index (χ2v) is 4.41. The van der Waals surface area contributed by atoms with Crippen LogP contribution in [0.2, 0.25) is 5.02 Å². The summed E-state index contributed by atoms with van der Waals surface area (Å²) >= 11 is 6.07. The van der Waals surface area contributed by atoms with Gasteiger partial charge in [-0.25, -0.2) is 0 Å². The third kappa shape index (κ3) is 1.87. The summed E-state index contributed by atoms with van der Waals surface area (Å²) < 4.78 is 5.77. The van der Waals surface area contributed by atoms with Gasteiger partial charge in [-0.3, -0.25) is 0 Å². The van der Waals surface area contributed by atoms with Gasteiger partial charge < -0.3 is 9.32 Å². The second kappa shape index (κ2) is 3.87. The van der Waals surface area contributed by atoms with Gasteiger partial charge in [0.2, 0.25) is 0 Å². The van der Waals surface area contributed by atoms with E-state index in [1.807, 2.05) is 32.3 Å². The lowest BCUT2D eigenvalue weighted by molar-refractivity contribution is 0.356. The minimum absolute atomic E-state index is 0.681. The van der Waals surface area contributed by atoms with E-state index in [0.29, 0.717) is 5.02 Å². The minimum Gasteiger partial charge on any atom is -0.458 e. The van der Waals surface area contributed by atoms with E-state index in [-0.39, 0.29) is 0 Å². The van der Waals surface area contributed by atoms with Crippen LogP contribution < -0.4 is 0 Å². The lowest BCUT2D eigenvalue weighted by atomic mass is 10.1. The van der Waals surface area contributed by atoms with Gasteiger partial charge in [0.25, 0.3) is 0 Å². The maximum Gasteiger partial charge on any atom is 0.153 e. The molecule has 2 rings (SSSR count). The van der Waals surface area contributed by atoms with E-state index in [1.165, 1.54) is 5.56 Å². The van der Waals surface area contributed by atoms with E-state index in [2.05, 4.69) is 11.8 Å². The van der Waals surface area contributed by atoms with Gasteiger partial charge in [-0.05, 0) is 32.6 Å². The Labute approximate surface area is 94.4 Å². The van der Waals surface area contributed by atoms with E-state index in [4.69, 9.17) is 16.0 Å². The number of para-hydroxylation sites is 1. The summed E-state index contributed by atoms with van der Waals surface area (Å²) in [4.78, 5) is 2.08. The third-order valence-electron chi connectivity index (χ3n) is 2.47. The van der Waals surface area contributed by atoms with Gasteiger partial charge in [-0.15, -0.1) is 0 Å². The van der Waals surface area contributed by atoms with Gasteiger partial charge in [0.15, 0.2) is 5.58 Å². The van der Waals surface area contributed by atoms with Crippen LogP contribution in [0, 0.1) is 6.92 Å². The fraction of sp³-hybridized carbons (Fsp3) is 0.333. The lowest BCUT2D eigenvalue weighted by Gasteiger charge is -2.06. The molecule has 15 heavy (non-hydrogen) atoms. The Kier molecular flexibility index (Phi) is 2.72. The first kappa shape index (κ1) is 10.5. The standard InChI is InChI=1S/C12H14ClNO/c1-8-9-5-4-6-10(13)12(9)15-11(8)7-14(2)3/h4-6H,7H2,1-3H3. The molecule has 0 aliphatic heterocycles. The quantitative estimate of drug-likeness (QED) is 0.776. The molecule has 0 radical (unpaired) electrons. The molecule has 0 fully saturated rings. The summed E-state index contributed by atoms with van der Waals surface area (Å²) in [6, 6.07) is 5.85. The Balaban J connectivity index is 2.59. The molecule has 3 heteroatoms. The molecular formula is C12H14ClNO. The van der Waals surface area contributed by atoms with Crippen molar-refractivity contribution >= 4 is 22.6 Å². The van der Waals surface area contributed by atoms with E-state index < -0.39 is 0 Å². The van der Waals surface area contributed by atoms with Crippen LogP contribution >= 0.6 is 11.6 Å². The van der Waals surface area contributed by atoms with Crippen molar-refractivity contribution in [1.82, 2.24) is 4.90 Å². The van der Waals surface area contributed by atoms with Crippen LogP contribution in [-0.2, 0) is 6.54 Å². The Morgan fingerprint density at radius 1 is 1.33 bits per heavy atom. The molecule has 0 amide bonds. The zero-order chi connectivity index (χ0) is 11.0. The van der Waals surface area contributed by atoms with Crippen molar-refractivity contribution in [2.75, 3.05) is 14.1 Å².